The number of alkyl halides is 1. The van der Waals surface area contributed by atoms with E-state index in [1.807, 2.05) is 0 Å². The first-order valence-electron chi connectivity index (χ1n) is 3.71. The molecule has 0 aliphatic heterocycles. The van der Waals surface area contributed by atoms with Crippen molar-refractivity contribution in [1.29, 1.82) is 0 Å². The largest absolute Gasteiger partial charge is 0.385 e. The molecule has 1 rings (SSSR count). The summed E-state index contributed by atoms with van der Waals surface area (Å²) < 4.78 is 24.6. The molecule has 0 amide bonds. The fourth-order valence-corrected chi connectivity index (χ4v) is 1.39. The second kappa shape index (κ2) is 3.15. The third-order valence-corrected chi connectivity index (χ3v) is 2.08. The number of carbonyl (C=O) groups is 1. The Labute approximate surface area is 63.4 Å². The van der Waals surface area contributed by atoms with Gasteiger partial charge in [0.15, 0.2) is 0 Å². The third-order valence-electron chi connectivity index (χ3n) is 2.08. The zero-order valence-electron chi connectivity index (χ0n) is 6.11. The van der Waals surface area contributed by atoms with E-state index in [0.29, 0.717) is 12.8 Å². The van der Waals surface area contributed by atoms with Crippen LogP contribution < -0.4 is 0 Å². The highest BCUT2D eigenvalue weighted by molar-refractivity contribution is 5.78. The molecule has 2 nitrogen and oxygen atoms in total. The first kappa shape index (κ1) is 8.43. The van der Waals surface area contributed by atoms with E-state index < -0.39 is 11.6 Å². The number of carbonyl (C=O) groups excluding carboxylic acids is 1. The smallest absolute Gasteiger partial charge is 0.251 e. The minimum atomic E-state index is -2.05. The van der Waals surface area contributed by atoms with Crippen LogP contribution in [0.25, 0.3) is 0 Å². The molecule has 0 atom stereocenters. The predicted molar refractivity (Wildman–Crippen MR) is 34.1 cm³/mol. The summed E-state index contributed by atoms with van der Waals surface area (Å²) in [6.45, 7) is 0. The van der Waals surface area contributed by atoms with Crippen molar-refractivity contribution >= 4 is 5.97 Å². The molecule has 0 spiro atoms. The lowest BCUT2D eigenvalue weighted by Crippen LogP contribution is -2.36. The SMILES string of the molecule is O=C(OF)C1(F)CCCCC1. The van der Waals surface area contributed by atoms with Crippen LogP contribution in [0.15, 0.2) is 0 Å². The van der Waals surface area contributed by atoms with Gasteiger partial charge in [0.1, 0.15) is 0 Å². The van der Waals surface area contributed by atoms with Crippen LogP contribution in [0.3, 0.4) is 0 Å². The molecule has 64 valence electrons. The van der Waals surface area contributed by atoms with Crippen LogP contribution in [0.2, 0.25) is 0 Å². The van der Waals surface area contributed by atoms with Gasteiger partial charge in [-0.1, -0.05) is 6.42 Å². The van der Waals surface area contributed by atoms with Crippen molar-refractivity contribution < 1.29 is 18.7 Å². The normalized spacial score (nSPS) is 22.7. The summed E-state index contributed by atoms with van der Waals surface area (Å²) in [5.74, 6) is -1.36. The van der Waals surface area contributed by atoms with Crippen LogP contribution in [-0.2, 0) is 9.74 Å². The van der Waals surface area contributed by atoms with Gasteiger partial charge in [-0.15, -0.1) is 0 Å². The van der Waals surface area contributed by atoms with E-state index in [2.05, 4.69) is 4.94 Å². The average molecular weight is 164 g/mol. The zero-order valence-corrected chi connectivity index (χ0v) is 6.11. The molecule has 0 bridgehead atoms. The van der Waals surface area contributed by atoms with E-state index in [1.165, 1.54) is 0 Å². The molecule has 0 aromatic heterocycles. The number of rotatable bonds is 1. The van der Waals surface area contributed by atoms with E-state index in [4.69, 9.17) is 0 Å². The molecule has 1 aliphatic carbocycles. The zero-order chi connectivity index (χ0) is 8.32. The predicted octanol–water partition coefficient (Wildman–Crippen LogP) is 2.09. The fourth-order valence-electron chi connectivity index (χ4n) is 1.39. The maximum absolute atomic E-state index is 13.3. The highest BCUT2D eigenvalue weighted by Crippen LogP contribution is 2.32. The topological polar surface area (TPSA) is 26.3 Å². The minimum absolute atomic E-state index is 0.0930. The second-order valence-corrected chi connectivity index (χ2v) is 2.89. The highest BCUT2D eigenvalue weighted by Gasteiger charge is 2.42. The van der Waals surface area contributed by atoms with E-state index in [1.54, 1.807) is 0 Å². The molecular weight excluding hydrogens is 154 g/mol. The van der Waals surface area contributed by atoms with Crippen LogP contribution in [0.1, 0.15) is 32.1 Å². The van der Waals surface area contributed by atoms with Crippen LogP contribution in [0, 0.1) is 0 Å². The molecule has 4 heteroatoms. The molecule has 0 N–H and O–H groups in total. The van der Waals surface area contributed by atoms with E-state index in [-0.39, 0.29) is 12.8 Å². The van der Waals surface area contributed by atoms with Gasteiger partial charge in [0.25, 0.3) is 0 Å². The summed E-state index contributed by atoms with van der Waals surface area (Å²) in [5, 5.41) is 0. The summed E-state index contributed by atoms with van der Waals surface area (Å²) in [6.07, 6.45) is 2.36. The molecule has 0 heterocycles. The van der Waals surface area contributed by atoms with Crippen molar-refractivity contribution in [2.45, 2.75) is 37.8 Å². The summed E-state index contributed by atoms with van der Waals surface area (Å²) >= 11 is 0. The number of hydrogen-bond donors (Lipinski definition) is 0. The Morgan fingerprint density at radius 3 is 2.27 bits per heavy atom. The van der Waals surface area contributed by atoms with Gasteiger partial charge < -0.3 is 0 Å². The van der Waals surface area contributed by atoms with Gasteiger partial charge in [-0.2, -0.15) is 0 Å². The molecule has 0 aromatic carbocycles. The van der Waals surface area contributed by atoms with Gasteiger partial charge in [-0.3, -0.25) is 4.94 Å². The molecule has 0 saturated heterocycles. The number of hydrogen-bond acceptors (Lipinski definition) is 2. The first-order valence-corrected chi connectivity index (χ1v) is 3.71. The third kappa shape index (κ3) is 1.67. The Morgan fingerprint density at radius 1 is 1.27 bits per heavy atom. The van der Waals surface area contributed by atoms with Gasteiger partial charge in [-0.05, 0) is 25.7 Å². The maximum Gasteiger partial charge on any atom is 0.385 e. The lowest BCUT2D eigenvalue weighted by atomic mass is 9.87. The van der Waals surface area contributed by atoms with Gasteiger partial charge in [0.05, 0.1) is 0 Å². The standard InChI is InChI=1S/C7H10F2O2/c8-7(6(10)11-9)4-2-1-3-5-7/h1-5H2. The molecular formula is C7H10F2O2. The monoisotopic (exact) mass is 164 g/mol. The minimum Gasteiger partial charge on any atom is -0.251 e. The van der Waals surface area contributed by atoms with E-state index >= 15 is 0 Å². The lowest BCUT2D eigenvalue weighted by molar-refractivity contribution is -0.200. The van der Waals surface area contributed by atoms with Crippen LogP contribution >= 0.6 is 0 Å². The summed E-state index contributed by atoms with van der Waals surface area (Å²) in [4.78, 5) is 13.4. The average Bonchev–Trinajstić information content (AvgIpc) is 2.04. The highest BCUT2D eigenvalue weighted by atomic mass is 19.3. The van der Waals surface area contributed by atoms with Gasteiger partial charge in [-0.25, -0.2) is 9.18 Å². The van der Waals surface area contributed by atoms with Crippen LogP contribution in [0.5, 0.6) is 0 Å². The first-order chi connectivity index (χ1) is 5.19. The molecule has 0 unspecified atom stereocenters. The summed E-state index contributed by atoms with van der Waals surface area (Å²) in [6, 6.07) is 0. The van der Waals surface area contributed by atoms with Gasteiger partial charge in [0.2, 0.25) is 5.67 Å². The van der Waals surface area contributed by atoms with Crippen molar-refractivity contribution in [3.8, 4) is 0 Å². The van der Waals surface area contributed by atoms with Crippen molar-refractivity contribution in [3.05, 3.63) is 0 Å². The quantitative estimate of drug-likeness (QED) is 0.593. The second-order valence-electron chi connectivity index (χ2n) is 2.89. The van der Waals surface area contributed by atoms with Crippen LogP contribution in [-0.4, -0.2) is 11.6 Å². The summed E-state index contributed by atoms with van der Waals surface area (Å²) in [5.41, 5.74) is -2.05. The Kier molecular flexibility index (Phi) is 2.42. The van der Waals surface area contributed by atoms with Gasteiger partial charge in [0, 0.05) is 4.53 Å². The molecule has 11 heavy (non-hydrogen) atoms. The molecule has 0 radical (unpaired) electrons. The molecule has 1 aliphatic rings. The van der Waals surface area contributed by atoms with E-state index in [9.17, 15) is 13.7 Å². The summed E-state index contributed by atoms with van der Waals surface area (Å²) in [7, 11) is 0. The Bertz CT molecular complexity index is 153. The molecule has 1 fully saturated rings. The Hall–Kier alpha value is -0.670. The maximum atomic E-state index is 13.3. The Morgan fingerprint density at radius 2 is 1.82 bits per heavy atom. The van der Waals surface area contributed by atoms with Crippen molar-refractivity contribution in [3.63, 3.8) is 0 Å². The van der Waals surface area contributed by atoms with Crippen molar-refractivity contribution in [1.82, 2.24) is 0 Å². The molecule has 0 aromatic rings. The van der Waals surface area contributed by atoms with E-state index in [0.717, 1.165) is 6.42 Å². The lowest BCUT2D eigenvalue weighted by Gasteiger charge is -2.24. The number of halogens is 2. The van der Waals surface area contributed by atoms with Gasteiger partial charge >= 0.3 is 5.97 Å². The van der Waals surface area contributed by atoms with Crippen molar-refractivity contribution in [2.75, 3.05) is 0 Å². The fraction of sp³-hybridized carbons (Fsp3) is 0.857. The Balaban J connectivity index is 2.56. The van der Waals surface area contributed by atoms with Crippen LogP contribution in [0.4, 0.5) is 8.92 Å². The molecule has 1 saturated carbocycles. The van der Waals surface area contributed by atoms with Crippen molar-refractivity contribution in [2.24, 2.45) is 0 Å².